The van der Waals surface area contributed by atoms with E-state index < -0.39 is 0 Å². The monoisotopic (exact) mass is 349 g/mol. The highest BCUT2D eigenvalue weighted by Gasteiger charge is 2.29. The van der Waals surface area contributed by atoms with Gasteiger partial charge in [0.15, 0.2) is 5.96 Å². The zero-order valence-electron chi connectivity index (χ0n) is 15.2. The van der Waals surface area contributed by atoms with E-state index in [1.807, 2.05) is 7.05 Å². The molecule has 5 heteroatoms. The van der Waals surface area contributed by atoms with Crippen LogP contribution in [-0.2, 0) is 17.9 Å². The first-order valence-electron chi connectivity index (χ1n) is 8.90. The molecule has 1 aliphatic rings. The molecule has 0 amide bonds. The van der Waals surface area contributed by atoms with Crippen molar-refractivity contribution in [3.05, 3.63) is 35.4 Å². The van der Waals surface area contributed by atoms with Crippen LogP contribution in [0.5, 0.6) is 0 Å². The number of guanidine groups is 1. The highest BCUT2D eigenvalue weighted by atomic mass is 32.2. The Bertz CT molecular complexity index is 527. The molecule has 1 atom stereocenters. The lowest BCUT2D eigenvalue weighted by molar-refractivity contribution is 0.121. The van der Waals surface area contributed by atoms with Crippen LogP contribution in [0.1, 0.15) is 44.2 Å². The Labute approximate surface area is 150 Å². The fourth-order valence-corrected chi connectivity index (χ4v) is 4.09. The summed E-state index contributed by atoms with van der Waals surface area (Å²) in [4.78, 5) is 4.35. The van der Waals surface area contributed by atoms with Crippen LogP contribution < -0.4 is 10.6 Å². The number of ether oxygens (including phenoxy) is 1. The van der Waals surface area contributed by atoms with Gasteiger partial charge in [-0.3, -0.25) is 4.99 Å². The fraction of sp³-hybridized carbons (Fsp3) is 0.632. The number of hydrogen-bond acceptors (Lipinski definition) is 3. The molecule has 0 bridgehead atoms. The summed E-state index contributed by atoms with van der Waals surface area (Å²) < 4.78 is 6.03. The molecule has 24 heavy (non-hydrogen) atoms. The number of hydrogen-bond donors (Lipinski definition) is 2. The van der Waals surface area contributed by atoms with Crippen LogP contribution in [0.3, 0.4) is 0 Å². The van der Waals surface area contributed by atoms with Gasteiger partial charge in [0.1, 0.15) is 0 Å². The third-order valence-electron chi connectivity index (χ3n) is 4.32. The number of nitrogens with zero attached hydrogens (tertiary/aromatic N) is 1. The summed E-state index contributed by atoms with van der Waals surface area (Å²) in [5.41, 5.74) is 2.50. The van der Waals surface area contributed by atoms with E-state index in [0.29, 0.717) is 11.4 Å². The third kappa shape index (κ3) is 6.02. The third-order valence-corrected chi connectivity index (χ3v) is 5.86. The van der Waals surface area contributed by atoms with E-state index in [0.717, 1.165) is 32.1 Å². The predicted octanol–water partition coefficient (Wildman–Crippen LogP) is 3.56. The maximum absolute atomic E-state index is 5.69. The van der Waals surface area contributed by atoms with Crippen LogP contribution in [-0.4, -0.2) is 36.7 Å². The average molecular weight is 350 g/mol. The predicted molar refractivity (Wildman–Crippen MR) is 105 cm³/mol. The molecule has 2 N–H and O–H groups in total. The van der Waals surface area contributed by atoms with Crippen molar-refractivity contribution in [3.63, 3.8) is 0 Å². The Morgan fingerprint density at radius 2 is 2.08 bits per heavy atom. The maximum Gasteiger partial charge on any atom is 0.191 e. The highest BCUT2D eigenvalue weighted by molar-refractivity contribution is 8.00. The van der Waals surface area contributed by atoms with Crippen molar-refractivity contribution < 1.29 is 4.74 Å². The summed E-state index contributed by atoms with van der Waals surface area (Å²) in [5, 5.41) is 6.91. The Kier molecular flexibility index (Phi) is 7.92. The minimum absolute atomic E-state index is 0.337. The largest absolute Gasteiger partial charge is 0.377 e. The average Bonchev–Trinajstić information content (AvgIpc) is 3.03. The molecule has 0 radical (unpaired) electrons. The first-order valence-corrected chi connectivity index (χ1v) is 9.88. The van der Waals surface area contributed by atoms with Crippen LogP contribution >= 0.6 is 11.8 Å². The Balaban J connectivity index is 1.84. The lowest BCUT2D eigenvalue weighted by atomic mass is 10.1. The zero-order valence-corrected chi connectivity index (χ0v) is 16.0. The van der Waals surface area contributed by atoms with Gasteiger partial charge in [0.25, 0.3) is 0 Å². The molecule has 4 nitrogen and oxygen atoms in total. The van der Waals surface area contributed by atoms with Crippen molar-refractivity contribution in [1.82, 2.24) is 10.6 Å². The Morgan fingerprint density at radius 3 is 2.75 bits per heavy atom. The molecule has 0 aliphatic carbocycles. The van der Waals surface area contributed by atoms with Crippen molar-refractivity contribution in [2.45, 2.75) is 51.0 Å². The zero-order chi connectivity index (χ0) is 17.3. The highest BCUT2D eigenvalue weighted by Crippen LogP contribution is 2.36. The first-order chi connectivity index (χ1) is 11.7. The van der Waals surface area contributed by atoms with Gasteiger partial charge in [0.05, 0.1) is 6.61 Å². The van der Waals surface area contributed by atoms with Crippen LogP contribution in [0.2, 0.25) is 0 Å². The smallest absolute Gasteiger partial charge is 0.191 e. The minimum Gasteiger partial charge on any atom is -0.377 e. The van der Waals surface area contributed by atoms with E-state index in [1.165, 1.54) is 29.7 Å². The first kappa shape index (κ1) is 19.1. The molecule has 2 rings (SSSR count). The number of benzene rings is 1. The van der Waals surface area contributed by atoms with Crippen LogP contribution in [0.25, 0.3) is 0 Å². The second-order valence-electron chi connectivity index (χ2n) is 6.50. The van der Waals surface area contributed by atoms with Gasteiger partial charge in [-0.25, -0.2) is 0 Å². The molecular weight excluding hydrogens is 318 g/mol. The Morgan fingerprint density at radius 1 is 1.29 bits per heavy atom. The molecule has 0 aromatic heterocycles. The lowest BCUT2D eigenvalue weighted by Crippen LogP contribution is -2.43. The van der Waals surface area contributed by atoms with E-state index in [-0.39, 0.29) is 0 Å². The Hall–Kier alpha value is -1.20. The molecule has 0 spiro atoms. The summed E-state index contributed by atoms with van der Waals surface area (Å²) in [5.74, 6) is 2.14. The number of nitrogens with one attached hydrogen (secondary N) is 2. The van der Waals surface area contributed by atoms with Crippen molar-refractivity contribution in [3.8, 4) is 0 Å². The quantitative estimate of drug-likeness (QED) is 0.428. The van der Waals surface area contributed by atoms with E-state index in [1.54, 1.807) is 0 Å². The second-order valence-corrected chi connectivity index (χ2v) is 8.19. The molecular formula is C19H31N3OS. The standard InChI is InChI=1S/C19H31N3OS/c1-4-11-23-14-17-9-6-5-8-16(17)13-21-18(20-3)22-15-19(2)10-7-12-24-19/h5-6,8-9H,4,7,10-15H2,1-3H3,(H2,20,21,22). The lowest BCUT2D eigenvalue weighted by Gasteiger charge is -2.24. The second kappa shape index (κ2) is 9.94. The number of aliphatic imine (C=N–C) groups is 1. The van der Waals surface area contributed by atoms with Crippen LogP contribution in [0.4, 0.5) is 0 Å². The van der Waals surface area contributed by atoms with Crippen LogP contribution in [0, 0.1) is 0 Å². The number of rotatable bonds is 8. The van der Waals surface area contributed by atoms with Gasteiger partial charge in [-0.05, 0) is 43.1 Å². The molecule has 1 heterocycles. The van der Waals surface area contributed by atoms with Gasteiger partial charge >= 0.3 is 0 Å². The van der Waals surface area contributed by atoms with Gasteiger partial charge in [-0.15, -0.1) is 0 Å². The molecule has 1 aromatic rings. The molecule has 134 valence electrons. The minimum atomic E-state index is 0.337. The summed E-state index contributed by atoms with van der Waals surface area (Å²) in [6, 6.07) is 8.43. The summed E-state index contributed by atoms with van der Waals surface area (Å²) in [7, 11) is 1.83. The number of thioether (sulfide) groups is 1. The van der Waals surface area contributed by atoms with Gasteiger partial charge in [0, 0.05) is 31.5 Å². The van der Waals surface area contributed by atoms with Gasteiger partial charge in [-0.1, -0.05) is 31.2 Å². The van der Waals surface area contributed by atoms with Gasteiger partial charge < -0.3 is 15.4 Å². The summed E-state index contributed by atoms with van der Waals surface area (Å²) in [6.07, 6.45) is 3.65. The molecule has 1 unspecified atom stereocenters. The fourth-order valence-electron chi connectivity index (χ4n) is 2.84. The van der Waals surface area contributed by atoms with E-state index in [9.17, 15) is 0 Å². The SMILES string of the molecule is CCCOCc1ccccc1CNC(=NC)NCC1(C)CCCS1. The summed E-state index contributed by atoms with van der Waals surface area (Å²) >= 11 is 2.06. The van der Waals surface area contributed by atoms with E-state index in [2.05, 4.69) is 65.5 Å². The van der Waals surface area contributed by atoms with Crippen LogP contribution in [0.15, 0.2) is 29.3 Å². The van der Waals surface area contributed by atoms with Crippen molar-refractivity contribution in [2.24, 2.45) is 4.99 Å². The molecule has 1 fully saturated rings. The topological polar surface area (TPSA) is 45.6 Å². The molecule has 1 saturated heterocycles. The van der Waals surface area contributed by atoms with E-state index in [4.69, 9.17) is 4.74 Å². The van der Waals surface area contributed by atoms with Crippen molar-refractivity contribution in [2.75, 3.05) is 26.0 Å². The normalized spacial score (nSPS) is 21.0. The van der Waals surface area contributed by atoms with Gasteiger partial charge in [0.2, 0.25) is 0 Å². The van der Waals surface area contributed by atoms with Crippen molar-refractivity contribution in [1.29, 1.82) is 0 Å². The molecule has 0 saturated carbocycles. The summed E-state index contributed by atoms with van der Waals surface area (Å²) in [6.45, 7) is 7.67. The molecule has 1 aliphatic heterocycles. The van der Waals surface area contributed by atoms with Crippen molar-refractivity contribution >= 4 is 17.7 Å². The molecule has 1 aromatic carbocycles. The van der Waals surface area contributed by atoms with E-state index >= 15 is 0 Å². The maximum atomic E-state index is 5.69. The van der Waals surface area contributed by atoms with Gasteiger partial charge in [-0.2, -0.15) is 11.8 Å².